The summed E-state index contributed by atoms with van der Waals surface area (Å²) in [6.45, 7) is 2.15. The van der Waals surface area contributed by atoms with E-state index in [0.29, 0.717) is 18.8 Å². The number of rotatable bonds is 9. The van der Waals surface area contributed by atoms with Crippen LogP contribution in [0.15, 0.2) is 60.1 Å². The Labute approximate surface area is 209 Å². The zero-order valence-electron chi connectivity index (χ0n) is 19.8. The van der Waals surface area contributed by atoms with Crippen LogP contribution in [0.5, 0.6) is 0 Å². The van der Waals surface area contributed by atoms with Gasteiger partial charge in [0.1, 0.15) is 16.5 Å². The first-order chi connectivity index (χ1) is 17.1. The number of aromatic amines is 1. The number of H-pyrrole nitrogens is 1. The maximum atomic E-state index is 13.4. The molecular formula is C28H31FN4OS. The van der Waals surface area contributed by atoms with Gasteiger partial charge in [-0.3, -0.25) is 9.69 Å². The fourth-order valence-electron chi connectivity index (χ4n) is 4.86. The van der Waals surface area contributed by atoms with Crippen LogP contribution in [0, 0.1) is 5.82 Å². The average molecular weight is 491 g/mol. The Balaban J connectivity index is 1.27. The van der Waals surface area contributed by atoms with Crippen LogP contribution >= 0.6 is 11.3 Å². The number of hydrogen-bond donors (Lipinski definition) is 2. The third kappa shape index (κ3) is 6.16. The lowest BCUT2D eigenvalue weighted by atomic mass is 9.95. The van der Waals surface area contributed by atoms with Gasteiger partial charge in [-0.05, 0) is 48.6 Å². The van der Waals surface area contributed by atoms with Crippen molar-refractivity contribution in [1.82, 2.24) is 20.2 Å². The van der Waals surface area contributed by atoms with Crippen LogP contribution in [0.4, 0.5) is 4.39 Å². The third-order valence-electron chi connectivity index (χ3n) is 6.78. The van der Waals surface area contributed by atoms with Crippen molar-refractivity contribution in [3.8, 4) is 0 Å². The second kappa shape index (κ2) is 11.1. The molecule has 5 nitrogen and oxygen atoms in total. The van der Waals surface area contributed by atoms with Gasteiger partial charge in [-0.1, -0.05) is 49.6 Å². The summed E-state index contributed by atoms with van der Waals surface area (Å²) < 4.78 is 13.4. The topological polar surface area (TPSA) is 61.0 Å². The molecule has 1 aliphatic rings. The summed E-state index contributed by atoms with van der Waals surface area (Å²) >= 11 is 1.53. The van der Waals surface area contributed by atoms with E-state index >= 15 is 0 Å². The number of hydrogen-bond acceptors (Lipinski definition) is 4. The van der Waals surface area contributed by atoms with Gasteiger partial charge in [-0.25, -0.2) is 9.37 Å². The van der Waals surface area contributed by atoms with Crippen molar-refractivity contribution in [2.45, 2.75) is 57.7 Å². The van der Waals surface area contributed by atoms with Crippen molar-refractivity contribution < 1.29 is 9.18 Å². The summed E-state index contributed by atoms with van der Waals surface area (Å²) in [5, 5.41) is 7.18. The SMILES string of the molecule is O=C(NC1CCCCC1)c1csc(CN(CCc2c[nH]c3ccccc23)Cc2ccc(F)cc2)n1. The van der Waals surface area contributed by atoms with Gasteiger partial charge >= 0.3 is 0 Å². The number of nitrogens with one attached hydrogen (secondary N) is 2. The molecule has 0 spiro atoms. The second-order valence-corrected chi connectivity index (χ2v) is 10.3. The fourth-order valence-corrected chi connectivity index (χ4v) is 5.68. The quantitative estimate of drug-likeness (QED) is 0.299. The lowest BCUT2D eigenvalue weighted by Gasteiger charge is -2.22. The lowest BCUT2D eigenvalue weighted by molar-refractivity contribution is 0.0923. The highest BCUT2D eigenvalue weighted by molar-refractivity contribution is 7.09. The minimum Gasteiger partial charge on any atom is -0.361 e. The molecule has 0 bridgehead atoms. The summed E-state index contributed by atoms with van der Waals surface area (Å²) in [4.78, 5) is 23.1. The van der Waals surface area contributed by atoms with Crippen LogP contribution in [0.3, 0.4) is 0 Å². The molecule has 2 aromatic carbocycles. The van der Waals surface area contributed by atoms with E-state index < -0.39 is 0 Å². The highest BCUT2D eigenvalue weighted by Gasteiger charge is 2.19. The molecule has 0 saturated heterocycles. The standard InChI is InChI=1S/C28H31FN4OS/c29-22-12-10-20(11-13-22)17-33(15-14-21-16-30-25-9-5-4-8-24(21)25)18-27-32-26(19-35-27)28(34)31-23-6-2-1-3-7-23/h4-5,8-13,16,19,23,30H,1-3,6-7,14-15,17-18H2,(H,31,34). The molecule has 2 aromatic heterocycles. The highest BCUT2D eigenvalue weighted by atomic mass is 32.1. The molecular weight excluding hydrogens is 459 g/mol. The lowest BCUT2D eigenvalue weighted by Crippen LogP contribution is -2.36. The number of benzene rings is 2. The normalized spacial score (nSPS) is 14.6. The zero-order chi connectivity index (χ0) is 24.0. The maximum absolute atomic E-state index is 13.4. The summed E-state index contributed by atoms with van der Waals surface area (Å²) in [6.07, 6.45) is 8.70. The minimum absolute atomic E-state index is 0.0664. The molecule has 2 N–H and O–H groups in total. The van der Waals surface area contributed by atoms with Gasteiger partial charge in [0.05, 0.1) is 6.54 Å². The van der Waals surface area contributed by atoms with E-state index in [9.17, 15) is 9.18 Å². The fraction of sp³-hybridized carbons (Fsp3) is 0.357. The highest BCUT2D eigenvalue weighted by Crippen LogP contribution is 2.21. The number of carbonyl (C=O) groups excluding carboxylic acids is 1. The number of amides is 1. The van der Waals surface area contributed by atoms with Crippen LogP contribution in [-0.4, -0.2) is 33.4 Å². The Hall–Kier alpha value is -3.03. The Morgan fingerprint density at radius 1 is 1.09 bits per heavy atom. The average Bonchev–Trinajstić information content (AvgIpc) is 3.52. The number of carbonyl (C=O) groups is 1. The number of thiazole rings is 1. The molecule has 0 aliphatic heterocycles. The number of fused-ring (bicyclic) bond motifs is 1. The van der Waals surface area contributed by atoms with Gasteiger partial charge in [0.25, 0.3) is 5.91 Å². The predicted octanol–water partition coefficient (Wildman–Crippen LogP) is 6.07. The first kappa shape index (κ1) is 23.7. The Bertz CT molecular complexity index is 1260. The monoisotopic (exact) mass is 490 g/mol. The van der Waals surface area contributed by atoms with E-state index in [-0.39, 0.29) is 17.8 Å². The molecule has 5 rings (SSSR count). The van der Waals surface area contributed by atoms with Gasteiger partial charge in [0, 0.05) is 41.6 Å². The van der Waals surface area contributed by atoms with E-state index in [0.717, 1.165) is 41.9 Å². The van der Waals surface area contributed by atoms with Crippen molar-refractivity contribution in [3.63, 3.8) is 0 Å². The van der Waals surface area contributed by atoms with E-state index in [1.54, 1.807) is 0 Å². The van der Waals surface area contributed by atoms with E-state index in [2.05, 4.69) is 44.6 Å². The number of para-hydroxylation sites is 1. The number of nitrogens with zero attached hydrogens (tertiary/aromatic N) is 2. The first-order valence-corrected chi connectivity index (χ1v) is 13.3. The smallest absolute Gasteiger partial charge is 0.270 e. The summed E-state index contributed by atoms with van der Waals surface area (Å²) in [7, 11) is 0. The second-order valence-electron chi connectivity index (χ2n) is 9.38. The van der Waals surface area contributed by atoms with E-state index in [1.807, 2.05) is 23.6 Å². The molecule has 0 unspecified atom stereocenters. The van der Waals surface area contributed by atoms with Gasteiger partial charge < -0.3 is 10.3 Å². The Morgan fingerprint density at radius 3 is 2.71 bits per heavy atom. The van der Waals surface area contributed by atoms with Crippen LogP contribution in [0.1, 0.15) is 58.7 Å². The molecule has 1 aliphatic carbocycles. The predicted molar refractivity (Wildman–Crippen MR) is 139 cm³/mol. The van der Waals surface area contributed by atoms with E-state index in [4.69, 9.17) is 0 Å². The Kier molecular flexibility index (Phi) is 7.54. The van der Waals surface area contributed by atoms with Crippen molar-refractivity contribution in [2.75, 3.05) is 6.54 Å². The van der Waals surface area contributed by atoms with Crippen molar-refractivity contribution in [3.05, 3.63) is 87.8 Å². The minimum atomic E-state index is -0.229. The number of halogens is 1. The molecule has 7 heteroatoms. The molecule has 182 valence electrons. The van der Waals surface area contributed by atoms with E-state index in [1.165, 1.54) is 53.7 Å². The van der Waals surface area contributed by atoms with Crippen LogP contribution in [-0.2, 0) is 19.5 Å². The maximum Gasteiger partial charge on any atom is 0.270 e. The molecule has 1 saturated carbocycles. The summed E-state index contributed by atoms with van der Waals surface area (Å²) in [6, 6.07) is 15.3. The van der Waals surface area contributed by atoms with Crippen LogP contribution in [0.2, 0.25) is 0 Å². The Morgan fingerprint density at radius 2 is 1.89 bits per heavy atom. The largest absolute Gasteiger partial charge is 0.361 e. The molecule has 1 fully saturated rings. The van der Waals surface area contributed by atoms with Crippen molar-refractivity contribution >= 4 is 28.1 Å². The van der Waals surface area contributed by atoms with Gasteiger partial charge in [-0.15, -0.1) is 11.3 Å². The molecule has 35 heavy (non-hydrogen) atoms. The van der Waals surface area contributed by atoms with Crippen molar-refractivity contribution in [1.29, 1.82) is 0 Å². The number of aromatic nitrogens is 2. The van der Waals surface area contributed by atoms with Crippen LogP contribution < -0.4 is 5.32 Å². The van der Waals surface area contributed by atoms with Gasteiger partial charge in [-0.2, -0.15) is 0 Å². The van der Waals surface area contributed by atoms with Crippen molar-refractivity contribution in [2.24, 2.45) is 0 Å². The molecule has 2 heterocycles. The third-order valence-corrected chi connectivity index (χ3v) is 7.61. The molecule has 1 amide bonds. The molecule has 4 aromatic rings. The summed E-state index contributed by atoms with van der Waals surface area (Å²) in [5.41, 5.74) is 3.98. The molecule has 0 radical (unpaired) electrons. The van der Waals surface area contributed by atoms with Crippen LogP contribution in [0.25, 0.3) is 10.9 Å². The van der Waals surface area contributed by atoms with Gasteiger partial charge in [0.2, 0.25) is 0 Å². The molecule has 0 atom stereocenters. The van der Waals surface area contributed by atoms with Gasteiger partial charge in [0.15, 0.2) is 0 Å². The summed E-state index contributed by atoms with van der Waals surface area (Å²) in [5.74, 6) is -0.295. The first-order valence-electron chi connectivity index (χ1n) is 12.4. The zero-order valence-corrected chi connectivity index (χ0v) is 20.6.